The lowest BCUT2D eigenvalue weighted by Gasteiger charge is -2.18. The van der Waals surface area contributed by atoms with Crippen LogP contribution < -0.4 is 20.9 Å². The lowest BCUT2D eigenvalue weighted by atomic mass is 10.2. The molecule has 1 heterocycles. The Morgan fingerprint density at radius 2 is 1.56 bits per heavy atom. The summed E-state index contributed by atoms with van der Waals surface area (Å²) in [7, 11) is 1.59. The molecule has 11 heteroatoms. The van der Waals surface area contributed by atoms with Crippen molar-refractivity contribution in [3.63, 3.8) is 0 Å². The highest BCUT2D eigenvalue weighted by Gasteiger charge is 2.13. The standard InChI is InChI=1S/C23H18Cl2N6OS2/c1-32-19-5-3-2-4-18(19)26-22(33)30-29-21-27-20(14-6-8-15(24)9-7-14)28-23(34)31(21)17-12-10-16(25)11-13-17/h2-13H,1H3,(H2,26,30,33)(H,27,28,29,34). The van der Waals surface area contributed by atoms with Gasteiger partial charge in [-0.15, -0.1) is 0 Å². The molecule has 7 nitrogen and oxygen atoms in total. The highest BCUT2D eigenvalue weighted by Crippen LogP contribution is 2.24. The Bertz CT molecular complexity index is 1380. The summed E-state index contributed by atoms with van der Waals surface area (Å²) in [5.74, 6) is 1.46. The van der Waals surface area contributed by atoms with Crippen LogP contribution in [-0.4, -0.2) is 26.8 Å². The Hall–Kier alpha value is -3.24. The maximum absolute atomic E-state index is 6.06. The number of benzene rings is 3. The van der Waals surface area contributed by atoms with Gasteiger partial charge in [-0.2, -0.15) is 9.97 Å². The van der Waals surface area contributed by atoms with Gasteiger partial charge in [-0.25, -0.2) is 0 Å². The number of nitrogens with zero attached hydrogens (tertiary/aromatic N) is 3. The number of hydrogen-bond acceptors (Lipinski definition) is 6. The second kappa shape index (κ2) is 10.8. The summed E-state index contributed by atoms with van der Waals surface area (Å²) in [5, 5.41) is 4.60. The number of methoxy groups -OCH3 is 1. The van der Waals surface area contributed by atoms with Crippen molar-refractivity contribution in [2.75, 3.05) is 17.9 Å². The zero-order valence-corrected chi connectivity index (χ0v) is 20.9. The number of rotatable bonds is 6. The van der Waals surface area contributed by atoms with Gasteiger partial charge in [-0.3, -0.25) is 15.4 Å². The van der Waals surface area contributed by atoms with Gasteiger partial charge >= 0.3 is 0 Å². The zero-order valence-electron chi connectivity index (χ0n) is 17.8. The van der Waals surface area contributed by atoms with Crippen LogP contribution >= 0.6 is 47.6 Å². The van der Waals surface area contributed by atoms with E-state index in [1.54, 1.807) is 35.9 Å². The average Bonchev–Trinajstić information content (AvgIpc) is 2.84. The fourth-order valence-electron chi connectivity index (χ4n) is 3.06. The fraction of sp³-hybridized carbons (Fsp3) is 0.0435. The molecule has 34 heavy (non-hydrogen) atoms. The Labute approximate surface area is 216 Å². The monoisotopic (exact) mass is 528 g/mol. The molecule has 172 valence electrons. The second-order valence-corrected chi connectivity index (χ2v) is 8.52. The summed E-state index contributed by atoms with van der Waals surface area (Å²) in [4.78, 5) is 9.18. The van der Waals surface area contributed by atoms with Crippen LogP contribution in [0.3, 0.4) is 0 Å². The van der Waals surface area contributed by atoms with Gasteiger partial charge in [0.2, 0.25) is 10.7 Å². The van der Waals surface area contributed by atoms with Gasteiger partial charge < -0.3 is 10.1 Å². The van der Waals surface area contributed by atoms with E-state index in [-0.39, 0.29) is 4.77 Å². The highest BCUT2D eigenvalue weighted by atomic mass is 35.5. The molecule has 0 amide bonds. The fourth-order valence-corrected chi connectivity index (χ4v) is 3.75. The highest BCUT2D eigenvalue weighted by molar-refractivity contribution is 7.80. The van der Waals surface area contributed by atoms with Crippen LogP contribution in [-0.2, 0) is 0 Å². The summed E-state index contributed by atoms with van der Waals surface area (Å²) in [5.41, 5.74) is 8.18. The smallest absolute Gasteiger partial charge is 0.230 e. The predicted molar refractivity (Wildman–Crippen MR) is 144 cm³/mol. The Morgan fingerprint density at radius 3 is 2.24 bits per heavy atom. The van der Waals surface area contributed by atoms with Crippen molar-refractivity contribution in [3.8, 4) is 22.8 Å². The summed E-state index contributed by atoms with van der Waals surface area (Å²) >= 11 is 23.1. The average molecular weight is 529 g/mol. The molecule has 0 fully saturated rings. The van der Waals surface area contributed by atoms with E-state index < -0.39 is 0 Å². The molecule has 0 saturated carbocycles. The molecule has 0 bridgehead atoms. The maximum atomic E-state index is 6.06. The molecule has 0 saturated heterocycles. The van der Waals surface area contributed by atoms with Crippen molar-refractivity contribution in [1.82, 2.24) is 20.0 Å². The van der Waals surface area contributed by atoms with Gasteiger partial charge in [0, 0.05) is 15.6 Å². The minimum absolute atomic E-state index is 0.287. The summed E-state index contributed by atoms with van der Waals surface area (Å²) in [6, 6.07) is 21.8. The van der Waals surface area contributed by atoms with Crippen LogP contribution in [0.25, 0.3) is 17.1 Å². The second-order valence-electron chi connectivity index (χ2n) is 6.88. The summed E-state index contributed by atoms with van der Waals surface area (Å²) in [6.45, 7) is 0. The quantitative estimate of drug-likeness (QED) is 0.199. The molecule has 1 aromatic heterocycles. The van der Waals surface area contributed by atoms with Crippen LogP contribution in [0.4, 0.5) is 11.6 Å². The van der Waals surface area contributed by atoms with Crippen LogP contribution in [0.5, 0.6) is 5.75 Å². The van der Waals surface area contributed by atoms with Crippen molar-refractivity contribution < 1.29 is 4.74 Å². The number of ether oxygens (including phenoxy) is 1. The first-order valence-corrected chi connectivity index (χ1v) is 11.5. The minimum atomic E-state index is 0.287. The Balaban J connectivity index is 1.66. The van der Waals surface area contributed by atoms with E-state index in [9.17, 15) is 0 Å². The van der Waals surface area contributed by atoms with Gasteiger partial charge in [0.15, 0.2) is 10.9 Å². The third-order valence-electron chi connectivity index (χ3n) is 4.65. The molecule has 3 aromatic carbocycles. The summed E-state index contributed by atoms with van der Waals surface area (Å²) in [6.07, 6.45) is 0. The van der Waals surface area contributed by atoms with Crippen molar-refractivity contribution in [1.29, 1.82) is 0 Å². The van der Waals surface area contributed by atoms with Crippen LogP contribution in [0, 0.1) is 4.77 Å². The first-order valence-electron chi connectivity index (χ1n) is 9.93. The zero-order chi connectivity index (χ0) is 24.1. The normalized spacial score (nSPS) is 10.4. The van der Waals surface area contributed by atoms with E-state index in [1.165, 1.54) is 0 Å². The molecular formula is C23H18Cl2N6OS2. The van der Waals surface area contributed by atoms with Crippen LogP contribution in [0.1, 0.15) is 0 Å². The van der Waals surface area contributed by atoms with Crippen molar-refractivity contribution in [3.05, 3.63) is 87.6 Å². The first kappa shape index (κ1) is 23.9. The predicted octanol–water partition coefficient (Wildman–Crippen LogP) is 6.29. The van der Waals surface area contributed by atoms with E-state index in [2.05, 4.69) is 26.1 Å². The number of hydrazine groups is 1. The molecule has 3 N–H and O–H groups in total. The largest absolute Gasteiger partial charge is 0.495 e. The number of anilines is 2. The van der Waals surface area contributed by atoms with Gasteiger partial charge in [0.05, 0.1) is 18.5 Å². The number of nitrogens with one attached hydrogen (secondary N) is 3. The number of para-hydroxylation sites is 2. The molecule has 0 spiro atoms. The lowest BCUT2D eigenvalue weighted by Crippen LogP contribution is -2.35. The number of aromatic nitrogens is 3. The molecular weight excluding hydrogens is 511 g/mol. The van der Waals surface area contributed by atoms with Gasteiger partial charge in [-0.05, 0) is 85.1 Å². The molecule has 0 unspecified atom stereocenters. The van der Waals surface area contributed by atoms with Crippen molar-refractivity contribution in [2.24, 2.45) is 0 Å². The number of hydrogen-bond donors (Lipinski definition) is 3. The Morgan fingerprint density at radius 1 is 0.912 bits per heavy atom. The lowest BCUT2D eigenvalue weighted by molar-refractivity contribution is 0.417. The topological polar surface area (TPSA) is 76.0 Å². The molecule has 0 aliphatic carbocycles. The molecule has 4 aromatic rings. The van der Waals surface area contributed by atoms with Crippen LogP contribution in [0.15, 0.2) is 72.8 Å². The molecule has 4 rings (SSSR count). The number of halogens is 2. The molecule has 0 radical (unpaired) electrons. The van der Waals surface area contributed by atoms with E-state index in [0.29, 0.717) is 38.4 Å². The van der Waals surface area contributed by atoms with E-state index in [4.69, 9.17) is 52.4 Å². The third-order valence-corrected chi connectivity index (χ3v) is 5.63. The SMILES string of the molecule is COc1ccccc1NC(=S)NNc1nc(-c2ccc(Cl)cc2)nc(=S)n1-c1ccc(Cl)cc1. The van der Waals surface area contributed by atoms with Crippen LogP contribution in [0.2, 0.25) is 10.0 Å². The molecule has 0 aliphatic rings. The van der Waals surface area contributed by atoms with Crippen molar-refractivity contribution >= 4 is 64.4 Å². The Kier molecular flexibility index (Phi) is 7.59. The van der Waals surface area contributed by atoms with Gasteiger partial charge in [-0.1, -0.05) is 35.3 Å². The van der Waals surface area contributed by atoms with E-state index in [0.717, 1.165) is 11.3 Å². The maximum Gasteiger partial charge on any atom is 0.230 e. The van der Waals surface area contributed by atoms with E-state index in [1.807, 2.05) is 48.5 Å². The van der Waals surface area contributed by atoms with Crippen molar-refractivity contribution in [2.45, 2.75) is 0 Å². The first-order chi connectivity index (χ1) is 16.4. The van der Waals surface area contributed by atoms with Gasteiger partial charge in [0.25, 0.3) is 0 Å². The van der Waals surface area contributed by atoms with E-state index >= 15 is 0 Å². The van der Waals surface area contributed by atoms with Gasteiger partial charge in [0.1, 0.15) is 5.75 Å². The molecule has 0 atom stereocenters. The summed E-state index contributed by atoms with van der Waals surface area (Å²) < 4.78 is 7.31. The molecule has 0 aliphatic heterocycles. The number of thiocarbonyl (C=S) groups is 1. The minimum Gasteiger partial charge on any atom is -0.495 e. The third kappa shape index (κ3) is 5.63.